The number of hydrogen-bond acceptors (Lipinski definition) is 4. The smallest absolute Gasteiger partial charge is 0.106 e. The quantitative estimate of drug-likeness (QED) is 0.647. The van der Waals surface area contributed by atoms with Crippen LogP contribution in [0.5, 0.6) is 0 Å². The molecule has 20 heavy (non-hydrogen) atoms. The number of aromatic nitrogens is 4. The highest BCUT2D eigenvalue weighted by atomic mass is 79.9. The van der Waals surface area contributed by atoms with Gasteiger partial charge in [0, 0.05) is 12.6 Å². The normalized spacial score (nSPS) is 13.2. The van der Waals surface area contributed by atoms with Gasteiger partial charge in [-0.3, -0.25) is 15.2 Å². The Morgan fingerprint density at radius 3 is 2.70 bits per heavy atom. The predicted molar refractivity (Wildman–Crippen MR) is 82.1 cm³/mol. The molecule has 0 radical (unpaired) electrons. The molecule has 2 rings (SSSR count). The van der Waals surface area contributed by atoms with E-state index in [0.717, 1.165) is 28.1 Å². The number of hydrazine groups is 1. The molecule has 0 aliphatic heterocycles. The standard InChI is InChI=1S/C13H21BrN6/c1-5-19-11(6-9(4)18-19)12(17-15)13-10(14)7-16-20(13)8(2)3/h6-8,12,17H,5,15H2,1-4H3. The molecule has 0 spiro atoms. The fraction of sp³-hybridized carbons (Fsp3) is 0.538. The Labute approximate surface area is 127 Å². The molecule has 6 nitrogen and oxygen atoms in total. The van der Waals surface area contributed by atoms with E-state index in [-0.39, 0.29) is 12.1 Å². The van der Waals surface area contributed by atoms with Crippen LogP contribution in [0, 0.1) is 6.92 Å². The van der Waals surface area contributed by atoms with E-state index in [2.05, 4.69) is 58.4 Å². The molecule has 0 saturated carbocycles. The monoisotopic (exact) mass is 340 g/mol. The fourth-order valence-electron chi connectivity index (χ4n) is 2.39. The fourth-order valence-corrected chi connectivity index (χ4v) is 2.89. The largest absolute Gasteiger partial charge is 0.270 e. The second kappa shape index (κ2) is 6.07. The molecule has 0 bridgehead atoms. The van der Waals surface area contributed by atoms with Crippen LogP contribution in [-0.2, 0) is 6.54 Å². The van der Waals surface area contributed by atoms with Crippen molar-refractivity contribution in [2.45, 2.75) is 46.3 Å². The molecular formula is C13H21BrN6. The van der Waals surface area contributed by atoms with Crippen LogP contribution in [0.3, 0.4) is 0 Å². The van der Waals surface area contributed by atoms with Gasteiger partial charge in [0.15, 0.2) is 0 Å². The van der Waals surface area contributed by atoms with E-state index in [1.165, 1.54) is 0 Å². The Kier molecular flexibility index (Phi) is 4.62. The molecule has 0 amide bonds. The molecule has 2 heterocycles. The highest BCUT2D eigenvalue weighted by Crippen LogP contribution is 2.30. The lowest BCUT2D eigenvalue weighted by molar-refractivity contribution is 0.458. The van der Waals surface area contributed by atoms with Gasteiger partial charge >= 0.3 is 0 Å². The van der Waals surface area contributed by atoms with Crippen molar-refractivity contribution in [1.82, 2.24) is 25.0 Å². The second-order valence-electron chi connectivity index (χ2n) is 5.04. The summed E-state index contributed by atoms with van der Waals surface area (Å²) in [4.78, 5) is 0. The number of nitrogens with two attached hydrogens (primary N) is 1. The summed E-state index contributed by atoms with van der Waals surface area (Å²) in [7, 11) is 0. The van der Waals surface area contributed by atoms with Crippen molar-refractivity contribution in [1.29, 1.82) is 0 Å². The SMILES string of the molecule is CCn1nc(C)cc1C(NN)c1c(Br)cnn1C(C)C. The van der Waals surface area contributed by atoms with E-state index < -0.39 is 0 Å². The van der Waals surface area contributed by atoms with E-state index in [1.54, 1.807) is 6.20 Å². The average Bonchev–Trinajstić information content (AvgIpc) is 2.95. The minimum atomic E-state index is -0.157. The minimum Gasteiger partial charge on any atom is -0.270 e. The molecule has 0 aromatic carbocycles. The maximum absolute atomic E-state index is 5.81. The molecule has 1 atom stereocenters. The molecule has 0 fully saturated rings. The summed E-state index contributed by atoms with van der Waals surface area (Å²) in [5.41, 5.74) is 5.92. The molecule has 0 aliphatic rings. The number of nitrogens with one attached hydrogen (secondary N) is 1. The molecule has 0 saturated heterocycles. The predicted octanol–water partition coefficient (Wildman–Crippen LogP) is 2.30. The molecule has 2 aromatic heterocycles. The molecule has 110 valence electrons. The van der Waals surface area contributed by atoms with Crippen LogP contribution in [0.1, 0.15) is 49.9 Å². The molecule has 7 heteroatoms. The van der Waals surface area contributed by atoms with Gasteiger partial charge in [0.2, 0.25) is 0 Å². The highest BCUT2D eigenvalue weighted by Gasteiger charge is 2.25. The lowest BCUT2D eigenvalue weighted by Gasteiger charge is -2.21. The van der Waals surface area contributed by atoms with Crippen molar-refractivity contribution in [2.24, 2.45) is 5.84 Å². The van der Waals surface area contributed by atoms with E-state index in [9.17, 15) is 0 Å². The summed E-state index contributed by atoms with van der Waals surface area (Å²) in [6, 6.07) is 2.15. The topological polar surface area (TPSA) is 73.7 Å². The van der Waals surface area contributed by atoms with E-state index >= 15 is 0 Å². The summed E-state index contributed by atoms with van der Waals surface area (Å²) >= 11 is 3.57. The molecule has 2 aromatic rings. The van der Waals surface area contributed by atoms with Gasteiger partial charge in [-0.2, -0.15) is 10.2 Å². The summed E-state index contributed by atoms with van der Waals surface area (Å²) in [5.74, 6) is 5.81. The third-order valence-corrected chi connectivity index (χ3v) is 3.86. The van der Waals surface area contributed by atoms with Gasteiger partial charge in [0.1, 0.15) is 6.04 Å². The Hall–Kier alpha value is -1.18. The third-order valence-electron chi connectivity index (χ3n) is 3.24. The number of halogens is 1. The van der Waals surface area contributed by atoms with Gasteiger partial charge in [-0.25, -0.2) is 5.43 Å². The van der Waals surface area contributed by atoms with Crippen LogP contribution in [0.2, 0.25) is 0 Å². The second-order valence-corrected chi connectivity index (χ2v) is 5.90. The zero-order chi connectivity index (χ0) is 14.9. The average molecular weight is 341 g/mol. The third kappa shape index (κ3) is 2.65. The van der Waals surface area contributed by atoms with Gasteiger partial charge in [-0.1, -0.05) is 0 Å². The van der Waals surface area contributed by atoms with Gasteiger partial charge in [-0.05, 0) is 49.7 Å². The summed E-state index contributed by atoms with van der Waals surface area (Å²) in [6.45, 7) is 9.04. The first-order valence-corrected chi connectivity index (χ1v) is 7.52. The molecular weight excluding hydrogens is 320 g/mol. The van der Waals surface area contributed by atoms with Gasteiger partial charge in [0.25, 0.3) is 0 Å². The Morgan fingerprint density at radius 2 is 2.15 bits per heavy atom. The molecule has 3 N–H and O–H groups in total. The Morgan fingerprint density at radius 1 is 1.45 bits per heavy atom. The first-order valence-electron chi connectivity index (χ1n) is 6.72. The van der Waals surface area contributed by atoms with Crippen molar-refractivity contribution in [3.8, 4) is 0 Å². The molecule has 1 unspecified atom stereocenters. The van der Waals surface area contributed by atoms with E-state index in [0.29, 0.717) is 0 Å². The first kappa shape index (κ1) is 15.2. The number of hydrogen-bond donors (Lipinski definition) is 2. The van der Waals surface area contributed by atoms with Crippen molar-refractivity contribution in [2.75, 3.05) is 0 Å². The summed E-state index contributed by atoms with van der Waals surface area (Å²) < 4.78 is 4.87. The van der Waals surface area contributed by atoms with E-state index in [4.69, 9.17) is 5.84 Å². The summed E-state index contributed by atoms with van der Waals surface area (Å²) in [5, 5.41) is 8.90. The van der Waals surface area contributed by atoms with Crippen molar-refractivity contribution < 1.29 is 0 Å². The summed E-state index contributed by atoms with van der Waals surface area (Å²) in [6.07, 6.45) is 1.80. The maximum atomic E-state index is 5.81. The van der Waals surface area contributed by atoms with Crippen LogP contribution in [0.25, 0.3) is 0 Å². The van der Waals surface area contributed by atoms with E-state index in [1.807, 2.05) is 16.3 Å². The zero-order valence-corrected chi connectivity index (χ0v) is 13.8. The van der Waals surface area contributed by atoms with Crippen LogP contribution < -0.4 is 11.3 Å². The van der Waals surface area contributed by atoms with Gasteiger partial charge < -0.3 is 0 Å². The number of rotatable bonds is 5. The van der Waals surface area contributed by atoms with Gasteiger partial charge in [-0.15, -0.1) is 0 Å². The highest BCUT2D eigenvalue weighted by molar-refractivity contribution is 9.10. The molecule has 0 aliphatic carbocycles. The zero-order valence-electron chi connectivity index (χ0n) is 12.3. The van der Waals surface area contributed by atoms with Crippen molar-refractivity contribution in [3.63, 3.8) is 0 Å². The van der Waals surface area contributed by atoms with Crippen molar-refractivity contribution >= 4 is 15.9 Å². The Bertz CT molecular complexity index is 586. The number of aryl methyl sites for hydroxylation is 2. The first-order chi connectivity index (χ1) is 9.49. The maximum Gasteiger partial charge on any atom is 0.106 e. The van der Waals surface area contributed by atoms with Crippen molar-refractivity contribution in [3.05, 3.63) is 33.8 Å². The number of nitrogens with zero attached hydrogens (tertiary/aromatic N) is 4. The van der Waals surface area contributed by atoms with Crippen LogP contribution in [0.15, 0.2) is 16.7 Å². The van der Waals surface area contributed by atoms with Crippen LogP contribution >= 0.6 is 15.9 Å². The van der Waals surface area contributed by atoms with Crippen LogP contribution in [-0.4, -0.2) is 19.6 Å². The minimum absolute atomic E-state index is 0.157. The van der Waals surface area contributed by atoms with Crippen LogP contribution in [0.4, 0.5) is 0 Å². The van der Waals surface area contributed by atoms with Gasteiger partial charge in [0.05, 0.1) is 27.8 Å². The Balaban J connectivity index is 2.55. The lowest BCUT2D eigenvalue weighted by atomic mass is 10.1. The lowest BCUT2D eigenvalue weighted by Crippen LogP contribution is -2.33.